The van der Waals surface area contributed by atoms with Crippen molar-refractivity contribution < 1.29 is 4.74 Å². The standard InChI is InChI=1S/C17H26O/c1-13-4-7-15(8-5-13)9-10-16-12-14(2)6-11-17(16)18-3/h6,11-13,15H,4-5,7-10H2,1-3H3. The molecule has 0 unspecified atom stereocenters. The molecule has 100 valence electrons. The Morgan fingerprint density at radius 1 is 1.17 bits per heavy atom. The van der Waals surface area contributed by atoms with Gasteiger partial charge in [0.2, 0.25) is 0 Å². The van der Waals surface area contributed by atoms with Crippen LogP contribution in [0.5, 0.6) is 5.75 Å². The van der Waals surface area contributed by atoms with E-state index < -0.39 is 0 Å². The summed E-state index contributed by atoms with van der Waals surface area (Å²) in [6.45, 7) is 4.55. The molecule has 0 N–H and O–H groups in total. The van der Waals surface area contributed by atoms with Crippen molar-refractivity contribution in [3.63, 3.8) is 0 Å². The van der Waals surface area contributed by atoms with E-state index in [0.717, 1.165) is 17.6 Å². The number of ether oxygens (including phenoxy) is 1. The van der Waals surface area contributed by atoms with Crippen LogP contribution >= 0.6 is 0 Å². The van der Waals surface area contributed by atoms with Gasteiger partial charge in [-0.2, -0.15) is 0 Å². The summed E-state index contributed by atoms with van der Waals surface area (Å²) in [7, 11) is 1.77. The Hall–Kier alpha value is -0.980. The maximum absolute atomic E-state index is 5.46. The van der Waals surface area contributed by atoms with Gasteiger partial charge in [-0.05, 0) is 43.2 Å². The lowest BCUT2D eigenvalue weighted by molar-refractivity contribution is 0.277. The van der Waals surface area contributed by atoms with E-state index in [9.17, 15) is 0 Å². The molecule has 2 rings (SSSR count). The molecule has 0 bridgehead atoms. The van der Waals surface area contributed by atoms with Crippen LogP contribution in [-0.2, 0) is 6.42 Å². The summed E-state index contributed by atoms with van der Waals surface area (Å²) in [4.78, 5) is 0. The summed E-state index contributed by atoms with van der Waals surface area (Å²) in [6, 6.07) is 6.52. The highest BCUT2D eigenvalue weighted by molar-refractivity contribution is 5.36. The van der Waals surface area contributed by atoms with Crippen molar-refractivity contribution in [2.75, 3.05) is 7.11 Å². The van der Waals surface area contributed by atoms with E-state index in [2.05, 4.69) is 32.0 Å². The van der Waals surface area contributed by atoms with Gasteiger partial charge in [-0.3, -0.25) is 0 Å². The number of hydrogen-bond donors (Lipinski definition) is 0. The average Bonchev–Trinajstić information content (AvgIpc) is 2.38. The van der Waals surface area contributed by atoms with Crippen LogP contribution in [0.15, 0.2) is 18.2 Å². The molecule has 0 aliphatic heterocycles. The Morgan fingerprint density at radius 3 is 2.56 bits per heavy atom. The van der Waals surface area contributed by atoms with Gasteiger partial charge in [-0.15, -0.1) is 0 Å². The van der Waals surface area contributed by atoms with Gasteiger partial charge in [-0.1, -0.05) is 50.3 Å². The van der Waals surface area contributed by atoms with Gasteiger partial charge in [-0.25, -0.2) is 0 Å². The Bertz CT molecular complexity index is 375. The minimum Gasteiger partial charge on any atom is -0.496 e. The van der Waals surface area contributed by atoms with Crippen molar-refractivity contribution >= 4 is 0 Å². The van der Waals surface area contributed by atoms with Crippen molar-refractivity contribution in [1.29, 1.82) is 0 Å². The number of benzene rings is 1. The lowest BCUT2D eigenvalue weighted by Gasteiger charge is -2.26. The van der Waals surface area contributed by atoms with Crippen molar-refractivity contribution in [3.8, 4) is 5.75 Å². The van der Waals surface area contributed by atoms with Gasteiger partial charge in [0.05, 0.1) is 7.11 Å². The predicted octanol–water partition coefficient (Wildman–Crippen LogP) is 4.76. The van der Waals surface area contributed by atoms with E-state index in [1.165, 1.54) is 49.7 Å². The normalized spacial score (nSPS) is 23.9. The van der Waals surface area contributed by atoms with Crippen LogP contribution in [0.4, 0.5) is 0 Å². The second-order valence-electron chi connectivity index (χ2n) is 5.98. The first-order valence-corrected chi connectivity index (χ1v) is 7.32. The zero-order chi connectivity index (χ0) is 13.0. The molecular weight excluding hydrogens is 220 g/mol. The zero-order valence-corrected chi connectivity index (χ0v) is 12.0. The quantitative estimate of drug-likeness (QED) is 0.744. The topological polar surface area (TPSA) is 9.23 Å². The summed E-state index contributed by atoms with van der Waals surface area (Å²) in [5, 5.41) is 0. The minimum absolute atomic E-state index is 0.936. The van der Waals surface area contributed by atoms with E-state index in [1.54, 1.807) is 7.11 Å². The number of aryl methyl sites for hydroxylation is 2. The van der Waals surface area contributed by atoms with Gasteiger partial charge >= 0.3 is 0 Å². The second-order valence-corrected chi connectivity index (χ2v) is 5.98. The molecule has 18 heavy (non-hydrogen) atoms. The molecule has 0 heterocycles. The average molecular weight is 246 g/mol. The van der Waals surface area contributed by atoms with Crippen LogP contribution in [0.25, 0.3) is 0 Å². The lowest BCUT2D eigenvalue weighted by atomic mass is 9.80. The summed E-state index contributed by atoms with van der Waals surface area (Å²) >= 11 is 0. The van der Waals surface area contributed by atoms with Crippen LogP contribution in [0.2, 0.25) is 0 Å². The van der Waals surface area contributed by atoms with Gasteiger partial charge in [0, 0.05) is 0 Å². The third kappa shape index (κ3) is 3.51. The van der Waals surface area contributed by atoms with E-state index >= 15 is 0 Å². The monoisotopic (exact) mass is 246 g/mol. The molecule has 1 heteroatoms. The second kappa shape index (κ2) is 6.26. The molecule has 0 amide bonds. The minimum atomic E-state index is 0.936. The highest BCUT2D eigenvalue weighted by Crippen LogP contribution is 2.32. The number of rotatable bonds is 4. The first-order chi connectivity index (χ1) is 8.69. The van der Waals surface area contributed by atoms with Crippen LogP contribution < -0.4 is 4.74 Å². The van der Waals surface area contributed by atoms with E-state index in [4.69, 9.17) is 4.74 Å². The predicted molar refractivity (Wildman–Crippen MR) is 77.2 cm³/mol. The summed E-state index contributed by atoms with van der Waals surface area (Å²) in [5.74, 6) is 2.95. The van der Waals surface area contributed by atoms with Crippen LogP contribution in [0.3, 0.4) is 0 Å². The molecule has 0 saturated heterocycles. The fourth-order valence-electron chi connectivity index (χ4n) is 3.08. The summed E-state index contributed by atoms with van der Waals surface area (Å²) in [6.07, 6.45) is 8.20. The summed E-state index contributed by atoms with van der Waals surface area (Å²) in [5.41, 5.74) is 2.72. The molecule has 1 aromatic carbocycles. The maximum Gasteiger partial charge on any atom is 0.122 e. The number of methoxy groups -OCH3 is 1. The van der Waals surface area contributed by atoms with Crippen molar-refractivity contribution in [2.24, 2.45) is 11.8 Å². The Labute approximate surface area is 112 Å². The van der Waals surface area contributed by atoms with E-state index in [0.29, 0.717) is 0 Å². The molecule has 1 saturated carbocycles. The largest absolute Gasteiger partial charge is 0.496 e. The molecule has 0 radical (unpaired) electrons. The molecule has 0 aromatic heterocycles. The fourth-order valence-corrected chi connectivity index (χ4v) is 3.08. The summed E-state index contributed by atoms with van der Waals surface area (Å²) < 4.78 is 5.46. The van der Waals surface area contributed by atoms with Crippen LogP contribution in [-0.4, -0.2) is 7.11 Å². The van der Waals surface area contributed by atoms with Gasteiger partial charge < -0.3 is 4.74 Å². The van der Waals surface area contributed by atoms with Gasteiger partial charge in [0.15, 0.2) is 0 Å². The Balaban J connectivity index is 1.91. The zero-order valence-electron chi connectivity index (χ0n) is 12.0. The van der Waals surface area contributed by atoms with E-state index in [1.807, 2.05) is 0 Å². The molecule has 1 aliphatic carbocycles. The highest BCUT2D eigenvalue weighted by Gasteiger charge is 2.18. The third-order valence-corrected chi connectivity index (χ3v) is 4.39. The first-order valence-electron chi connectivity index (χ1n) is 7.32. The number of hydrogen-bond acceptors (Lipinski definition) is 1. The first kappa shape index (κ1) is 13.5. The molecule has 1 nitrogen and oxygen atoms in total. The third-order valence-electron chi connectivity index (χ3n) is 4.39. The van der Waals surface area contributed by atoms with Crippen LogP contribution in [0, 0.1) is 18.8 Å². The molecular formula is C17H26O. The van der Waals surface area contributed by atoms with Crippen molar-refractivity contribution in [3.05, 3.63) is 29.3 Å². The molecule has 1 fully saturated rings. The Kier molecular flexibility index (Phi) is 4.68. The van der Waals surface area contributed by atoms with Gasteiger partial charge in [0.1, 0.15) is 5.75 Å². The van der Waals surface area contributed by atoms with Gasteiger partial charge in [0.25, 0.3) is 0 Å². The van der Waals surface area contributed by atoms with Crippen LogP contribution in [0.1, 0.15) is 50.2 Å². The molecule has 1 aromatic rings. The maximum atomic E-state index is 5.46. The Morgan fingerprint density at radius 2 is 1.89 bits per heavy atom. The highest BCUT2D eigenvalue weighted by atomic mass is 16.5. The molecule has 0 atom stereocenters. The molecule has 1 aliphatic rings. The smallest absolute Gasteiger partial charge is 0.122 e. The SMILES string of the molecule is COc1ccc(C)cc1CCC1CCC(C)CC1. The van der Waals surface area contributed by atoms with Crippen molar-refractivity contribution in [2.45, 2.75) is 52.4 Å². The van der Waals surface area contributed by atoms with Crippen molar-refractivity contribution in [1.82, 2.24) is 0 Å². The molecule has 0 spiro atoms. The van der Waals surface area contributed by atoms with E-state index in [-0.39, 0.29) is 0 Å². The fraction of sp³-hybridized carbons (Fsp3) is 0.647. The lowest BCUT2D eigenvalue weighted by Crippen LogP contribution is -2.13.